The highest BCUT2D eigenvalue weighted by Gasteiger charge is 2.06. The van der Waals surface area contributed by atoms with E-state index in [0.29, 0.717) is 12.2 Å². The molecule has 5 nitrogen and oxygen atoms in total. The third-order valence-electron chi connectivity index (χ3n) is 1.79. The third-order valence-corrected chi connectivity index (χ3v) is 2.60. The van der Waals surface area contributed by atoms with E-state index in [1.54, 1.807) is 16.4 Å². The summed E-state index contributed by atoms with van der Waals surface area (Å²) in [6.07, 6.45) is 0.506. The predicted octanol–water partition coefficient (Wildman–Crippen LogP) is 0.704. The molecule has 0 aliphatic carbocycles. The summed E-state index contributed by atoms with van der Waals surface area (Å²) in [5.41, 5.74) is 0.810. The highest BCUT2D eigenvalue weighted by Crippen LogP contribution is 2.16. The van der Waals surface area contributed by atoms with Gasteiger partial charge >= 0.3 is 0 Å². The summed E-state index contributed by atoms with van der Waals surface area (Å²) in [6, 6.07) is 1.96. The topological polar surface area (TPSA) is 66.2 Å². The van der Waals surface area contributed by atoms with Gasteiger partial charge in [-0.3, -0.25) is 5.10 Å². The Kier molecular flexibility index (Phi) is 2.74. The van der Waals surface area contributed by atoms with Crippen molar-refractivity contribution >= 4 is 17.4 Å². The van der Waals surface area contributed by atoms with Gasteiger partial charge in [0.25, 0.3) is 0 Å². The molecule has 6 heteroatoms. The number of hydrogen-bond acceptors (Lipinski definition) is 4. The molecule has 0 aliphatic heterocycles. The van der Waals surface area contributed by atoms with Crippen LogP contribution in [-0.4, -0.2) is 37.3 Å². The average Bonchev–Trinajstić information content (AvgIpc) is 2.62. The standard InChI is InChI=1S/C8H12N4OS/c1-2-14-8-5-7-9-6(3-4-13)10-12(7)11-8/h5,11,13H,2-4H2,1H3. The van der Waals surface area contributed by atoms with Crippen LogP contribution in [0.4, 0.5) is 0 Å². The molecular formula is C8H12N4OS. The Hall–Kier alpha value is -1.01. The predicted molar refractivity (Wildman–Crippen MR) is 54.5 cm³/mol. The van der Waals surface area contributed by atoms with E-state index in [0.717, 1.165) is 16.4 Å². The van der Waals surface area contributed by atoms with Crippen LogP contribution in [0.3, 0.4) is 0 Å². The van der Waals surface area contributed by atoms with Gasteiger partial charge in [0.05, 0.1) is 11.6 Å². The van der Waals surface area contributed by atoms with Crippen molar-refractivity contribution in [2.24, 2.45) is 0 Å². The molecule has 0 saturated carbocycles. The molecule has 76 valence electrons. The molecule has 0 unspecified atom stereocenters. The molecule has 0 radical (unpaired) electrons. The van der Waals surface area contributed by atoms with E-state index >= 15 is 0 Å². The number of nitrogens with zero attached hydrogens (tertiary/aromatic N) is 3. The van der Waals surface area contributed by atoms with Crippen LogP contribution >= 0.6 is 11.8 Å². The van der Waals surface area contributed by atoms with Gasteiger partial charge in [-0.2, -0.15) is 4.63 Å². The molecule has 0 atom stereocenters. The van der Waals surface area contributed by atoms with Gasteiger partial charge in [0.15, 0.2) is 11.5 Å². The number of aromatic nitrogens is 4. The van der Waals surface area contributed by atoms with Crippen molar-refractivity contribution in [1.82, 2.24) is 19.8 Å². The summed E-state index contributed by atoms with van der Waals surface area (Å²) in [5.74, 6) is 1.69. The number of aromatic amines is 1. The summed E-state index contributed by atoms with van der Waals surface area (Å²) < 4.78 is 1.64. The molecule has 0 spiro atoms. The molecule has 2 heterocycles. The van der Waals surface area contributed by atoms with Gasteiger partial charge in [-0.1, -0.05) is 6.92 Å². The number of thioether (sulfide) groups is 1. The van der Waals surface area contributed by atoms with Crippen molar-refractivity contribution in [1.29, 1.82) is 0 Å². The molecule has 14 heavy (non-hydrogen) atoms. The van der Waals surface area contributed by atoms with E-state index in [1.165, 1.54) is 0 Å². The number of nitrogens with one attached hydrogen (secondary N) is 1. The minimum atomic E-state index is 0.0870. The smallest absolute Gasteiger partial charge is 0.176 e. The van der Waals surface area contributed by atoms with Crippen molar-refractivity contribution in [3.8, 4) is 0 Å². The summed E-state index contributed by atoms with van der Waals surface area (Å²) >= 11 is 1.72. The van der Waals surface area contributed by atoms with Gasteiger partial charge in [0.2, 0.25) is 0 Å². The van der Waals surface area contributed by atoms with E-state index in [2.05, 4.69) is 22.1 Å². The Balaban J connectivity index is 2.26. The Labute approximate surface area is 85.5 Å². The first kappa shape index (κ1) is 9.54. The monoisotopic (exact) mass is 212 g/mol. The molecule has 0 bridgehead atoms. The minimum absolute atomic E-state index is 0.0870. The maximum Gasteiger partial charge on any atom is 0.176 e. The maximum absolute atomic E-state index is 8.72. The Morgan fingerprint density at radius 1 is 1.64 bits per heavy atom. The van der Waals surface area contributed by atoms with Crippen molar-refractivity contribution < 1.29 is 5.11 Å². The maximum atomic E-state index is 8.72. The lowest BCUT2D eigenvalue weighted by Crippen LogP contribution is -1.95. The van der Waals surface area contributed by atoms with Gasteiger partial charge in [-0.15, -0.1) is 16.9 Å². The fourth-order valence-corrected chi connectivity index (χ4v) is 1.88. The van der Waals surface area contributed by atoms with Crippen molar-refractivity contribution in [2.45, 2.75) is 18.4 Å². The SMILES string of the molecule is CCSc1cc2nc(CCO)nn2[nH]1. The minimum Gasteiger partial charge on any atom is -0.396 e. The quantitative estimate of drug-likeness (QED) is 0.732. The Morgan fingerprint density at radius 3 is 3.14 bits per heavy atom. The first-order valence-electron chi connectivity index (χ1n) is 4.52. The largest absolute Gasteiger partial charge is 0.396 e. The zero-order valence-corrected chi connectivity index (χ0v) is 8.71. The van der Waals surface area contributed by atoms with Crippen LogP contribution < -0.4 is 0 Å². The first-order chi connectivity index (χ1) is 6.83. The molecule has 2 N–H and O–H groups in total. The summed E-state index contributed by atoms with van der Waals surface area (Å²) in [4.78, 5) is 4.25. The van der Waals surface area contributed by atoms with Crippen molar-refractivity contribution in [3.05, 3.63) is 11.9 Å². The van der Waals surface area contributed by atoms with Crippen LogP contribution in [0.1, 0.15) is 12.7 Å². The molecule has 0 aromatic carbocycles. The molecule has 2 aromatic rings. The van der Waals surface area contributed by atoms with Crippen LogP contribution in [-0.2, 0) is 6.42 Å². The van der Waals surface area contributed by atoms with E-state index < -0.39 is 0 Å². The van der Waals surface area contributed by atoms with Gasteiger partial charge < -0.3 is 5.11 Å². The lowest BCUT2D eigenvalue weighted by Gasteiger charge is -1.90. The first-order valence-corrected chi connectivity index (χ1v) is 5.50. The zero-order valence-electron chi connectivity index (χ0n) is 7.90. The highest BCUT2D eigenvalue weighted by atomic mass is 32.2. The van der Waals surface area contributed by atoms with E-state index in [-0.39, 0.29) is 6.61 Å². The van der Waals surface area contributed by atoms with E-state index in [1.807, 2.05) is 6.07 Å². The van der Waals surface area contributed by atoms with Crippen LogP contribution in [0.5, 0.6) is 0 Å². The second kappa shape index (κ2) is 4.02. The average molecular weight is 212 g/mol. The molecule has 2 rings (SSSR count). The fourth-order valence-electron chi connectivity index (χ4n) is 1.23. The Morgan fingerprint density at radius 2 is 2.50 bits per heavy atom. The zero-order chi connectivity index (χ0) is 9.97. The second-order valence-corrected chi connectivity index (χ2v) is 4.13. The number of hydrogen-bond donors (Lipinski definition) is 2. The van der Waals surface area contributed by atoms with E-state index in [4.69, 9.17) is 5.11 Å². The van der Waals surface area contributed by atoms with Crippen molar-refractivity contribution in [3.63, 3.8) is 0 Å². The number of aliphatic hydroxyl groups excluding tert-OH is 1. The van der Waals surface area contributed by atoms with Crippen LogP contribution in [0.15, 0.2) is 11.1 Å². The third kappa shape index (κ3) is 1.76. The number of fused-ring (bicyclic) bond motifs is 1. The van der Waals surface area contributed by atoms with Gasteiger partial charge in [0.1, 0.15) is 0 Å². The number of aliphatic hydroxyl groups is 1. The summed E-state index contributed by atoms with van der Waals surface area (Å²) in [7, 11) is 0. The van der Waals surface area contributed by atoms with E-state index in [9.17, 15) is 0 Å². The second-order valence-electron chi connectivity index (χ2n) is 2.83. The van der Waals surface area contributed by atoms with Crippen molar-refractivity contribution in [2.75, 3.05) is 12.4 Å². The van der Waals surface area contributed by atoms with Crippen LogP contribution in [0, 0.1) is 0 Å². The van der Waals surface area contributed by atoms with Crippen LogP contribution in [0.2, 0.25) is 0 Å². The molecule has 0 aliphatic rings. The Bertz CT molecular complexity index is 355. The molecule has 0 fully saturated rings. The summed E-state index contributed by atoms with van der Waals surface area (Å²) in [5, 5.41) is 17.1. The number of H-pyrrole nitrogens is 1. The molecule has 0 amide bonds. The van der Waals surface area contributed by atoms with Gasteiger partial charge in [0, 0.05) is 12.5 Å². The van der Waals surface area contributed by atoms with Gasteiger partial charge in [-0.25, -0.2) is 4.98 Å². The highest BCUT2D eigenvalue weighted by molar-refractivity contribution is 7.99. The number of rotatable bonds is 4. The summed E-state index contributed by atoms with van der Waals surface area (Å²) in [6.45, 7) is 2.18. The lowest BCUT2D eigenvalue weighted by atomic mass is 10.4. The molecular weight excluding hydrogens is 200 g/mol. The molecule has 2 aromatic heterocycles. The van der Waals surface area contributed by atoms with Crippen LogP contribution in [0.25, 0.3) is 5.65 Å². The van der Waals surface area contributed by atoms with Gasteiger partial charge in [-0.05, 0) is 5.75 Å². The fraction of sp³-hybridized carbons (Fsp3) is 0.500. The normalized spacial score (nSPS) is 11.3. The molecule has 0 saturated heterocycles. The lowest BCUT2D eigenvalue weighted by molar-refractivity contribution is 0.296.